The van der Waals surface area contributed by atoms with Crippen molar-refractivity contribution in [2.45, 2.75) is 70.7 Å². The topological polar surface area (TPSA) is 114 Å². The Hall–Kier alpha value is -3.37. The number of anilines is 1. The number of nitrogens with one attached hydrogen (secondary N) is 2. The molecule has 3 N–H and O–H groups in total. The number of ether oxygens (including phenoxy) is 1. The normalized spacial score (nSPS) is 18.0. The van der Waals surface area contributed by atoms with Crippen LogP contribution in [-0.4, -0.2) is 55.8 Å². The van der Waals surface area contributed by atoms with E-state index < -0.39 is 17.3 Å². The second-order valence-electron chi connectivity index (χ2n) is 10.6. The molecule has 2 fully saturated rings. The summed E-state index contributed by atoms with van der Waals surface area (Å²) in [7, 11) is 0. The molecule has 3 aromatic rings. The van der Waals surface area contributed by atoms with Gasteiger partial charge in [-0.25, -0.2) is 9.37 Å². The average Bonchev–Trinajstić information content (AvgIpc) is 3.56. The molecule has 0 bridgehead atoms. The highest BCUT2D eigenvalue weighted by molar-refractivity contribution is 5.96. The first kappa shape index (κ1) is 25.3. The number of hydrogen-bond acceptors (Lipinski definition) is 7. The minimum absolute atomic E-state index is 0.0121. The molecule has 37 heavy (non-hydrogen) atoms. The van der Waals surface area contributed by atoms with Gasteiger partial charge in [-0.3, -0.25) is 4.79 Å². The Morgan fingerprint density at radius 1 is 1.19 bits per heavy atom. The first-order chi connectivity index (χ1) is 17.7. The molecule has 1 aliphatic carbocycles. The van der Waals surface area contributed by atoms with Gasteiger partial charge < -0.3 is 20.5 Å². The highest BCUT2D eigenvalue weighted by Gasteiger charge is 2.27. The van der Waals surface area contributed by atoms with Crippen molar-refractivity contribution in [3.8, 4) is 22.4 Å². The molecule has 5 rings (SSSR count). The number of aryl methyl sites for hydroxylation is 1. The summed E-state index contributed by atoms with van der Waals surface area (Å²) in [5, 5.41) is 25.1. The summed E-state index contributed by atoms with van der Waals surface area (Å²) in [4.78, 5) is 18.9. The number of nitrogens with zero attached hydrogens (tertiary/aromatic N) is 4. The Morgan fingerprint density at radius 2 is 2.00 bits per heavy atom. The van der Waals surface area contributed by atoms with Crippen LogP contribution in [0.1, 0.15) is 68.1 Å². The van der Waals surface area contributed by atoms with Crippen LogP contribution >= 0.6 is 0 Å². The number of rotatable bonds is 8. The molecule has 0 spiro atoms. The maximum absolute atomic E-state index is 14.7. The number of aliphatic hydroxyl groups is 1. The molecule has 1 aromatic carbocycles. The number of carbonyl (C=O) groups is 1. The van der Waals surface area contributed by atoms with Crippen LogP contribution in [0, 0.1) is 12.7 Å². The number of aliphatic hydroxyl groups excluding tert-OH is 1. The Kier molecular flexibility index (Phi) is 6.96. The molecule has 3 heterocycles. The Balaban J connectivity index is 1.55. The van der Waals surface area contributed by atoms with Crippen molar-refractivity contribution in [2.24, 2.45) is 0 Å². The van der Waals surface area contributed by atoms with Gasteiger partial charge in [0.05, 0.1) is 23.9 Å². The van der Waals surface area contributed by atoms with Gasteiger partial charge in [-0.15, -0.1) is 0 Å². The molecule has 2 aromatic heterocycles. The number of pyridine rings is 1. The van der Waals surface area contributed by atoms with Crippen LogP contribution in [0.5, 0.6) is 0 Å². The summed E-state index contributed by atoms with van der Waals surface area (Å²) in [6.07, 6.45) is 7.90. The van der Waals surface area contributed by atoms with E-state index in [1.807, 2.05) is 19.9 Å². The first-order valence-electron chi connectivity index (χ1n) is 12.8. The summed E-state index contributed by atoms with van der Waals surface area (Å²) < 4.78 is 20.6. The zero-order chi connectivity index (χ0) is 26.2. The summed E-state index contributed by atoms with van der Waals surface area (Å²) in [5.41, 5.74) is 2.74. The van der Waals surface area contributed by atoms with Gasteiger partial charge in [-0.1, -0.05) is 0 Å². The molecule has 1 saturated carbocycles. The largest absolute Gasteiger partial charge is 0.394 e. The van der Waals surface area contributed by atoms with Crippen molar-refractivity contribution in [3.05, 3.63) is 47.5 Å². The lowest BCUT2D eigenvalue weighted by molar-refractivity contribution is -0.0479. The van der Waals surface area contributed by atoms with Gasteiger partial charge in [-0.05, 0) is 82.2 Å². The molecule has 1 aliphatic heterocycles. The van der Waals surface area contributed by atoms with Crippen LogP contribution in [0.2, 0.25) is 0 Å². The molecule has 1 unspecified atom stereocenters. The van der Waals surface area contributed by atoms with Gasteiger partial charge in [0, 0.05) is 30.0 Å². The molecule has 1 atom stereocenters. The predicted octanol–water partition coefficient (Wildman–Crippen LogP) is 4.23. The number of aromatic nitrogens is 4. The van der Waals surface area contributed by atoms with Crippen molar-refractivity contribution in [3.63, 3.8) is 0 Å². The number of hydrogen-bond donors (Lipinski definition) is 3. The highest BCUT2D eigenvalue weighted by atomic mass is 19.1. The molecule has 1 saturated heterocycles. The van der Waals surface area contributed by atoms with E-state index >= 15 is 0 Å². The van der Waals surface area contributed by atoms with Crippen molar-refractivity contribution in [1.82, 2.24) is 25.3 Å². The van der Waals surface area contributed by atoms with Crippen molar-refractivity contribution in [1.29, 1.82) is 0 Å². The first-order valence-corrected chi connectivity index (χ1v) is 12.8. The predicted molar refractivity (Wildman–Crippen MR) is 137 cm³/mol. The fraction of sp³-hybridized carbons (Fsp3) is 0.481. The number of amides is 1. The number of carbonyl (C=O) groups excluding carboxylic acids is 1. The van der Waals surface area contributed by atoms with Crippen LogP contribution in [0.4, 0.5) is 10.2 Å². The lowest BCUT2D eigenvalue weighted by Crippen LogP contribution is -2.35. The standard InChI is InChI=1S/C27H33FN6O3/c1-16-10-22(28)20(26(36)31-18-7-8-18)12-19(16)17-11-21(25(29-13-17)32-27(2,3)15-35)23-14-30-34(33-23)24-6-4-5-9-37-24/h10-14,18,24,35H,4-9,15H2,1-3H3,(H,29,32)(H,31,36). The van der Waals surface area contributed by atoms with E-state index in [9.17, 15) is 14.3 Å². The third-order valence-electron chi connectivity index (χ3n) is 6.72. The lowest BCUT2D eigenvalue weighted by Gasteiger charge is -2.25. The fourth-order valence-electron chi connectivity index (χ4n) is 4.36. The van der Waals surface area contributed by atoms with E-state index in [1.165, 1.54) is 6.07 Å². The third-order valence-corrected chi connectivity index (χ3v) is 6.72. The second kappa shape index (κ2) is 10.2. The van der Waals surface area contributed by atoms with Crippen LogP contribution in [0.25, 0.3) is 22.4 Å². The summed E-state index contributed by atoms with van der Waals surface area (Å²) in [6.45, 7) is 6.12. The number of benzene rings is 1. The van der Waals surface area contributed by atoms with E-state index in [1.54, 1.807) is 30.2 Å². The van der Waals surface area contributed by atoms with E-state index in [2.05, 4.69) is 20.7 Å². The van der Waals surface area contributed by atoms with E-state index in [4.69, 9.17) is 9.84 Å². The second-order valence-corrected chi connectivity index (χ2v) is 10.6. The van der Waals surface area contributed by atoms with Gasteiger partial charge in [0.15, 0.2) is 6.23 Å². The lowest BCUT2D eigenvalue weighted by atomic mass is 9.96. The van der Waals surface area contributed by atoms with Crippen LogP contribution in [-0.2, 0) is 4.74 Å². The minimum atomic E-state index is -0.633. The van der Waals surface area contributed by atoms with Crippen molar-refractivity contribution >= 4 is 11.7 Å². The number of halogens is 1. The van der Waals surface area contributed by atoms with Crippen molar-refractivity contribution in [2.75, 3.05) is 18.5 Å². The van der Waals surface area contributed by atoms with Gasteiger partial charge in [0.1, 0.15) is 17.3 Å². The van der Waals surface area contributed by atoms with E-state index in [0.717, 1.165) is 32.1 Å². The Bertz CT molecular complexity index is 1300. The molecule has 10 heteroatoms. The van der Waals surface area contributed by atoms with Gasteiger partial charge in [-0.2, -0.15) is 15.0 Å². The highest BCUT2D eigenvalue weighted by Crippen LogP contribution is 2.34. The molecule has 9 nitrogen and oxygen atoms in total. The van der Waals surface area contributed by atoms with Gasteiger partial charge in [0.25, 0.3) is 5.91 Å². The molecular formula is C27H33FN6O3. The van der Waals surface area contributed by atoms with E-state index in [0.29, 0.717) is 40.4 Å². The van der Waals surface area contributed by atoms with Crippen molar-refractivity contribution < 1.29 is 19.0 Å². The zero-order valence-corrected chi connectivity index (χ0v) is 21.4. The fourth-order valence-corrected chi connectivity index (χ4v) is 4.36. The molecule has 2 aliphatic rings. The summed E-state index contributed by atoms with van der Waals surface area (Å²) in [6, 6.07) is 5.00. The molecular weight excluding hydrogens is 475 g/mol. The third kappa shape index (κ3) is 5.65. The average molecular weight is 509 g/mol. The van der Waals surface area contributed by atoms with E-state index in [-0.39, 0.29) is 24.4 Å². The molecule has 1 amide bonds. The monoisotopic (exact) mass is 508 g/mol. The summed E-state index contributed by atoms with van der Waals surface area (Å²) >= 11 is 0. The Morgan fingerprint density at radius 3 is 2.70 bits per heavy atom. The maximum Gasteiger partial charge on any atom is 0.254 e. The Labute approximate surface area is 215 Å². The maximum atomic E-state index is 14.7. The van der Waals surface area contributed by atoms with Gasteiger partial charge >= 0.3 is 0 Å². The minimum Gasteiger partial charge on any atom is -0.394 e. The van der Waals surface area contributed by atoms with Crippen LogP contribution < -0.4 is 10.6 Å². The smallest absolute Gasteiger partial charge is 0.254 e. The van der Waals surface area contributed by atoms with Crippen LogP contribution in [0.15, 0.2) is 30.6 Å². The quantitative estimate of drug-likeness (QED) is 0.417. The van der Waals surface area contributed by atoms with Crippen LogP contribution in [0.3, 0.4) is 0 Å². The molecule has 0 radical (unpaired) electrons. The zero-order valence-electron chi connectivity index (χ0n) is 21.4. The SMILES string of the molecule is Cc1cc(F)c(C(=O)NC2CC2)cc1-c1cnc(NC(C)(C)CO)c(-c2cnn(C3CCCCO3)n2)c1. The summed E-state index contributed by atoms with van der Waals surface area (Å²) in [5.74, 6) is -0.426. The molecule has 196 valence electrons. The van der Waals surface area contributed by atoms with Gasteiger partial charge in [0.2, 0.25) is 0 Å².